The van der Waals surface area contributed by atoms with Gasteiger partial charge in [0.05, 0.1) is 19.0 Å². The summed E-state index contributed by atoms with van der Waals surface area (Å²) in [4.78, 5) is 10.9. The zero-order valence-electron chi connectivity index (χ0n) is 9.40. The molecule has 0 amide bonds. The number of alkyl halides is 1. The first-order chi connectivity index (χ1) is 7.85. The lowest BCUT2D eigenvalue weighted by Crippen LogP contribution is -2.28. The van der Waals surface area contributed by atoms with Crippen LogP contribution in [0.4, 0.5) is 5.82 Å². The fraction of sp³-hybridized carbons (Fsp3) is 0.636. The van der Waals surface area contributed by atoms with Gasteiger partial charge in [-0.25, -0.2) is 0 Å². The molecule has 88 valence electrons. The molecule has 0 radical (unpaired) electrons. The van der Waals surface area contributed by atoms with Crippen LogP contribution in [0.15, 0.2) is 12.4 Å². The van der Waals surface area contributed by atoms with Crippen molar-refractivity contribution in [3.05, 3.63) is 12.4 Å². The highest BCUT2D eigenvalue weighted by Gasteiger charge is 2.29. The van der Waals surface area contributed by atoms with Crippen molar-refractivity contribution in [3.8, 4) is 5.88 Å². The molecule has 0 atom stereocenters. The molecule has 1 saturated carbocycles. The monoisotopic (exact) mass is 285 g/mol. The maximum atomic E-state index is 5.36. The highest BCUT2D eigenvalue weighted by atomic mass is 79.9. The summed E-state index contributed by atoms with van der Waals surface area (Å²) in [6, 6.07) is 0.642. The Morgan fingerprint density at radius 1 is 1.50 bits per heavy atom. The molecule has 0 aromatic carbocycles. The van der Waals surface area contributed by atoms with Crippen molar-refractivity contribution in [2.75, 3.05) is 23.4 Å². The molecule has 1 aliphatic rings. The fourth-order valence-electron chi connectivity index (χ4n) is 1.66. The second kappa shape index (κ2) is 5.48. The van der Waals surface area contributed by atoms with Crippen LogP contribution >= 0.6 is 15.9 Å². The molecule has 4 nitrogen and oxygen atoms in total. The minimum atomic E-state index is 0.611. The zero-order chi connectivity index (χ0) is 11.4. The van der Waals surface area contributed by atoms with Crippen molar-refractivity contribution in [2.45, 2.75) is 25.8 Å². The summed E-state index contributed by atoms with van der Waals surface area (Å²) in [5.74, 6) is 1.54. The summed E-state index contributed by atoms with van der Waals surface area (Å²) in [5, 5.41) is 0.948. The van der Waals surface area contributed by atoms with Gasteiger partial charge >= 0.3 is 0 Å². The number of ether oxygens (including phenoxy) is 1. The number of hydrogen-bond donors (Lipinski definition) is 0. The van der Waals surface area contributed by atoms with E-state index in [9.17, 15) is 0 Å². The van der Waals surface area contributed by atoms with E-state index < -0.39 is 0 Å². The van der Waals surface area contributed by atoms with Crippen molar-refractivity contribution in [3.63, 3.8) is 0 Å². The number of halogens is 1. The van der Waals surface area contributed by atoms with Crippen molar-refractivity contribution < 1.29 is 4.74 Å². The van der Waals surface area contributed by atoms with Crippen molar-refractivity contribution in [1.29, 1.82) is 0 Å². The summed E-state index contributed by atoms with van der Waals surface area (Å²) in [6.07, 6.45) is 5.98. The first-order valence-electron chi connectivity index (χ1n) is 5.62. The minimum Gasteiger partial charge on any atom is -0.477 e. The smallest absolute Gasteiger partial charge is 0.234 e. The first kappa shape index (κ1) is 11.6. The van der Waals surface area contributed by atoms with E-state index in [0.29, 0.717) is 18.5 Å². The van der Waals surface area contributed by atoms with Crippen LogP contribution in [0.25, 0.3) is 0 Å². The predicted molar refractivity (Wildman–Crippen MR) is 67.4 cm³/mol. The van der Waals surface area contributed by atoms with Crippen molar-refractivity contribution in [2.24, 2.45) is 0 Å². The van der Waals surface area contributed by atoms with Crippen LogP contribution in [0.1, 0.15) is 19.8 Å². The van der Waals surface area contributed by atoms with Gasteiger partial charge in [-0.05, 0) is 19.8 Å². The van der Waals surface area contributed by atoms with Crippen LogP contribution in [0.5, 0.6) is 5.88 Å². The Kier molecular flexibility index (Phi) is 3.98. The average molecular weight is 286 g/mol. The van der Waals surface area contributed by atoms with E-state index in [0.717, 1.165) is 17.7 Å². The second-order valence-electron chi connectivity index (χ2n) is 3.76. The maximum absolute atomic E-state index is 5.36. The molecule has 0 aliphatic heterocycles. The van der Waals surface area contributed by atoms with Gasteiger partial charge in [0.15, 0.2) is 5.82 Å². The maximum Gasteiger partial charge on any atom is 0.234 e. The third-order valence-electron chi connectivity index (χ3n) is 2.50. The topological polar surface area (TPSA) is 38.2 Å². The van der Waals surface area contributed by atoms with Gasteiger partial charge in [-0.2, -0.15) is 4.98 Å². The molecule has 1 aromatic heterocycles. The van der Waals surface area contributed by atoms with Gasteiger partial charge in [0.25, 0.3) is 0 Å². The SMILES string of the molecule is CCOc1cncc(N(CCBr)C2CC2)n1. The molecule has 0 spiro atoms. The molecular weight excluding hydrogens is 270 g/mol. The lowest BCUT2D eigenvalue weighted by Gasteiger charge is -2.22. The first-order valence-corrected chi connectivity index (χ1v) is 6.74. The van der Waals surface area contributed by atoms with E-state index in [2.05, 4.69) is 30.8 Å². The number of anilines is 1. The normalized spacial score (nSPS) is 14.9. The summed E-state index contributed by atoms with van der Waals surface area (Å²) < 4.78 is 5.36. The van der Waals surface area contributed by atoms with E-state index in [4.69, 9.17) is 4.74 Å². The van der Waals surface area contributed by atoms with Gasteiger partial charge in [-0.1, -0.05) is 15.9 Å². The third kappa shape index (κ3) is 2.84. The molecule has 0 bridgehead atoms. The zero-order valence-corrected chi connectivity index (χ0v) is 11.0. The molecule has 0 saturated heterocycles. The summed E-state index contributed by atoms with van der Waals surface area (Å²) >= 11 is 3.47. The van der Waals surface area contributed by atoms with Crippen LogP contribution in [0.3, 0.4) is 0 Å². The van der Waals surface area contributed by atoms with E-state index in [1.165, 1.54) is 12.8 Å². The van der Waals surface area contributed by atoms with E-state index in [1.807, 2.05) is 13.1 Å². The highest BCUT2D eigenvalue weighted by molar-refractivity contribution is 9.09. The fourth-order valence-corrected chi connectivity index (χ4v) is 2.04. The molecule has 16 heavy (non-hydrogen) atoms. The van der Waals surface area contributed by atoms with Crippen LogP contribution in [-0.2, 0) is 0 Å². The highest BCUT2D eigenvalue weighted by Crippen LogP contribution is 2.30. The Hall–Kier alpha value is -0.840. The van der Waals surface area contributed by atoms with E-state index in [1.54, 1.807) is 6.20 Å². The second-order valence-corrected chi connectivity index (χ2v) is 4.56. The lowest BCUT2D eigenvalue weighted by molar-refractivity contribution is 0.325. The van der Waals surface area contributed by atoms with E-state index in [-0.39, 0.29) is 0 Å². The minimum absolute atomic E-state index is 0.611. The molecule has 1 aliphatic carbocycles. The largest absolute Gasteiger partial charge is 0.477 e. The standard InChI is InChI=1S/C11H16BrN3O/c1-2-16-11-8-13-7-10(14-11)15(6-5-12)9-3-4-9/h7-9H,2-6H2,1H3. The Bertz CT molecular complexity index is 344. The molecule has 1 aromatic rings. The molecule has 0 unspecified atom stereocenters. The van der Waals surface area contributed by atoms with Gasteiger partial charge in [0.2, 0.25) is 5.88 Å². The molecule has 5 heteroatoms. The lowest BCUT2D eigenvalue weighted by atomic mass is 10.4. The molecule has 1 heterocycles. The molecule has 0 N–H and O–H groups in total. The van der Waals surface area contributed by atoms with Gasteiger partial charge in [0, 0.05) is 17.9 Å². The van der Waals surface area contributed by atoms with Crippen LogP contribution in [0, 0.1) is 0 Å². The average Bonchev–Trinajstić information content (AvgIpc) is 3.11. The predicted octanol–water partition coefficient (Wildman–Crippen LogP) is 2.24. The van der Waals surface area contributed by atoms with Crippen molar-refractivity contribution in [1.82, 2.24) is 9.97 Å². The Labute approximate surface area is 104 Å². The Balaban J connectivity index is 2.12. The number of aromatic nitrogens is 2. The number of nitrogens with zero attached hydrogens (tertiary/aromatic N) is 3. The van der Waals surface area contributed by atoms with Gasteiger partial charge in [-0.3, -0.25) is 4.98 Å². The molecule has 2 rings (SSSR count). The Morgan fingerprint density at radius 2 is 2.31 bits per heavy atom. The summed E-state index contributed by atoms with van der Waals surface area (Å²) in [5.41, 5.74) is 0. The number of hydrogen-bond acceptors (Lipinski definition) is 4. The molecule has 1 fully saturated rings. The number of rotatable bonds is 6. The third-order valence-corrected chi connectivity index (χ3v) is 2.85. The summed E-state index contributed by atoms with van der Waals surface area (Å²) in [6.45, 7) is 3.54. The van der Waals surface area contributed by atoms with Gasteiger partial charge < -0.3 is 9.64 Å². The Morgan fingerprint density at radius 3 is 2.94 bits per heavy atom. The van der Waals surface area contributed by atoms with Gasteiger partial charge in [-0.15, -0.1) is 0 Å². The van der Waals surface area contributed by atoms with Crippen LogP contribution < -0.4 is 9.64 Å². The van der Waals surface area contributed by atoms with E-state index >= 15 is 0 Å². The van der Waals surface area contributed by atoms with Crippen LogP contribution in [-0.4, -0.2) is 34.5 Å². The van der Waals surface area contributed by atoms with Gasteiger partial charge in [0.1, 0.15) is 0 Å². The van der Waals surface area contributed by atoms with Crippen molar-refractivity contribution >= 4 is 21.7 Å². The molecular formula is C11H16BrN3O. The summed E-state index contributed by atoms with van der Waals surface area (Å²) in [7, 11) is 0. The van der Waals surface area contributed by atoms with Crippen LogP contribution in [0.2, 0.25) is 0 Å². The quantitative estimate of drug-likeness (QED) is 0.752.